The summed E-state index contributed by atoms with van der Waals surface area (Å²) in [6.45, 7) is 9.90. The minimum atomic E-state index is -0.0535. The Morgan fingerprint density at radius 2 is 2.17 bits per heavy atom. The lowest BCUT2D eigenvalue weighted by Gasteiger charge is -2.39. The Morgan fingerprint density at radius 1 is 1.39 bits per heavy atom. The number of ether oxygens (including phenoxy) is 1. The minimum Gasteiger partial charge on any atom is -0.372 e. The molecule has 1 aliphatic heterocycles. The molecule has 2 rings (SSSR count). The third kappa shape index (κ3) is 3.03. The van der Waals surface area contributed by atoms with Crippen LogP contribution in [0.15, 0.2) is 18.2 Å². The van der Waals surface area contributed by atoms with Crippen molar-refractivity contribution < 1.29 is 4.74 Å². The second-order valence-corrected chi connectivity index (χ2v) is 5.68. The summed E-state index contributed by atoms with van der Waals surface area (Å²) in [5.41, 5.74) is 9.55. The van der Waals surface area contributed by atoms with E-state index in [1.54, 1.807) is 0 Å². The van der Waals surface area contributed by atoms with E-state index < -0.39 is 0 Å². The predicted molar refractivity (Wildman–Crippen MR) is 76.2 cm³/mol. The average Bonchev–Trinajstić information content (AvgIpc) is 2.30. The molecule has 0 aliphatic carbocycles. The minimum absolute atomic E-state index is 0.0535. The van der Waals surface area contributed by atoms with Gasteiger partial charge in [0.1, 0.15) is 0 Å². The maximum Gasteiger partial charge on any atom is 0.0801 e. The van der Waals surface area contributed by atoms with Crippen molar-refractivity contribution in [2.75, 3.05) is 31.1 Å². The number of rotatable bonds is 3. The largest absolute Gasteiger partial charge is 0.372 e. The highest BCUT2D eigenvalue weighted by Gasteiger charge is 2.27. The van der Waals surface area contributed by atoms with Crippen molar-refractivity contribution in [1.29, 1.82) is 0 Å². The molecule has 1 heterocycles. The zero-order chi connectivity index (χ0) is 13.2. The highest BCUT2D eigenvalue weighted by Crippen LogP contribution is 2.25. The molecule has 0 atom stereocenters. The molecule has 1 fully saturated rings. The monoisotopic (exact) mass is 248 g/mol. The van der Waals surface area contributed by atoms with E-state index in [-0.39, 0.29) is 5.60 Å². The maximum atomic E-state index is 5.75. The fraction of sp³-hybridized carbons (Fsp3) is 0.600. The van der Waals surface area contributed by atoms with E-state index in [0.717, 1.165) is 26.1 Å². The molecule has 3 nitrogen and oxygen atoms in total. The first-order valence-electron chi connectivity index (χ1n) is 6.70. The van der Waals surface area contributed by atoms with Gasteiger partial charge in [-0.2, -0.15) is 0 Å². The molecule has 0 spiro atoms. The van der Waals surface area contributed by atoms with Crippen LogP contribution in [-0.4, -0.2) is 31.8 Å². The lowest BCUT2D eigenvalue weighted by atomic mass is 10.0. The van der Waals surface area contributed by atoms with Crippen molar-refractivity contribution in [3.05, 3.63) is 29.3 Å². The summed E-state index contributed by atoms with van der Waals surface area (Å²) in [5, 5.41) is 0. The zero-order valence-corrected chi connectivity index (χ0v) is 11.7. The van der Waals surface area contributed by atoms with E-state index in [1.165, 1.54) is 16.8 Å². The smallest absolute Gasteiger partial charge is 0.0801 e. The van der Waals surface area contributed by atoms with Crippen LogP contribution >= 0.6 is 0 Å². The molecule has 1 aromatic carbocycles. The van der Waals surface area contributed by atoms with Gasteiger partial charge in [0.15, 0.2) is 0 Å². The van der Waals surface area contributed by atoms with Gasteiger partial charge in [-0.25, -0.2) is 0 Å². The molecule has 3 heteroatoms. The van der Waals surface area contributed by atoms with Crippen LogP contribution in [0.25, 0.3) is 0 Å². The molecule has 1 aliphatic rings. The summed E-state index contributed by atoms with van der Waals surface area (Å²) in [5.74, 6) is 0. The van der Waals surface area contributed by atoms with Crippen LogP contribution in [0.4, 0.5) is 5.69 Å². The third-order valence-corrected chi connectivity index (χ3v) is 3.53. The van der Waals surface area contributed by atoms with E-state index in [2.05, 4.69) is 43.9 Å². The van der Waals surface area contributed by atoms with Crippen molar-refractivity contribution in [3.63, 3.8) is 0 Å². The maximum absolute atomic E-state index is 5.75. The summed E-state index contributed by atoms with van der Waals surface area (Å²) >= 11 is 0. The Bertz CT molecular complexity index is 415. The first kappa shape index (κ1) is 13.4. The standard InChI is InChI=1S/C15H24N2O/c1-12-10-14(5-4-13(12)6-7-16)17-8-9-18-15(2,3)11-17/h4-5,10H,6-9,11,16H2,1-3H3. The molecule has 1 saturated heterocycles. The zero-order valence-electron chi connectivity index (χ0n) is 11.7. The van der Waals surface area contributed by atoms with Crippen LogP contribution in [0.1, 0.15) is 25.0 Å². The molecule has 1 aromatic rings. The lowest BCUT2D eigenvalue weighted by molar-refractivity contribution is -0.0276. The summed E-state index contributed by atoms with van der Waals surface area (Å²) in [6.07, 6.45) is 0.959. The van der Waals surface area contributed by atoms with Gasteiger partial charge in [0.2, 0.25) is 0 Å². The fourth-order valence-electron chi connectivity index (χ4n) is 2.55. The molecular weight excluding hydrogens is 224 g/mol. The highest BCUT2D eigenvalue weighted by atomic mass is 16.5. The molecule has 0 amide bonds. The predicted octanol–water partition coefficient (Wildman–Crippen LogP) is 2.11. The number of morpholine rings is 1. The molecule has 18 heavy (non-hydrogen) atoms. The number of nitrogens with two attached hydrogens (primary N) is 1. The first-order chi connectivity index (χ1) is 8.52. The third-order valence-electron chi connectivity index (χ3n) is 3.53. The van der Waals surface area contributed by atoms with Crippen molar-refractivity contribution in [1.82, 2.24) is 0 Å². The number of benzene rings is 1. The Hall–Kier alpha value is -1.06. The summed E-state index contributed by atoms with van der Waals surface area (Å²) < 4.78 is 5.75. The van der Waals surface area contributed by atoms with Crippen LogP contribution < -0.4 is 10.6 Å². The second kappa shape index (κ2) is 5.29. The Morgan fingerprint density at radius 3 is 2.78 bits per heavy atom. The van der Waals surface area contributed by atoms with Crippen LogP contribution in [0, 0.1) is 6.92 Å². The second-order valence-electron chi connectivity index (χ2n) is 5.68. The van der Waals surface area contributed by atoms with Gasteiger partial charge >= 0.3 is 0 Å². The molecule has 2 N–H and O–H groups in total. The Balaban J connectivity index is 2.16. The number of anilines is 1. The van der Waals surface area contributed by atoms with E-state index in [9.17, 15) is 0 Å². The Labute approximate surface area is 110 Å². The quantitative estimate of drug-likeness (QED) is 0.890. The SMILES string of the molecule is Cc1cc(N2CCOC(C)(C)C2)ccc1CCN. The van der Waals surface area contributed by atoms with Crippen LogP contribution in [0.3, 0.4) is 0 Å². The topological polar surface area (TPSA) is 38.5 Å². The molecule has 0 aromatic heterocycles. The van der Waals surface area contributed by atoms with E-state index in [4.69, 9.17) is 10.5 Å². The van der Waals surface area contributed by atoms with Crippen molar-refractivity contribution in [2.24, 2.45) is 5.73 Å². The average molecular weight is 248 g/mol. The number of hydrogen-bond acceptors (Lipinski definition) is 3. The van der Waals surface area contributed by atoms with Crippen molar-refractivity contribution in [3.8, 4) is 0 Å². The number of aryl methyl sites for hydroxylation is 1. The molecular formula is C15H24N2O. The van der Waals surface area contributed by atoms with Crippen LogP contribution in [0.2, 0.25) is 0 Å². The van der Waals surface area contributed by atoms with Gasteiger partial charge in [0.25, 0.3) is 0 Å². The summed E-state index contributed by atoms with van der Waals surface area (Å²) in [7, 11) is 0. The normalized spacial score (nSPS) is 19.0. The van der Waals surface area contributed by atoms with E-state index in [0.29, 0.717) is 6.54 Å². The Kier molecular flexibility index (Phi) is 3.93. The van der Waals surface area contributed by atoms with Gasteiger partial charge in [-0.1, -0.05) is 6.07 Å². The highest BCUT2D eigenvalue weighted by molar-refractivity contribution is 5.51. The van der Waals surface area contributed by atoms with E-state index in [1.807, 2.05) is 0 Å². The summed E-state index contributed by atoms with van der Waals surface area (Å²) in [4.78, 5) is 2.41. The van der Waals surface area contributed by atoms with Gasteiger partial charge in [0, 0.05) is 18.8 Å². The fourth-order valence-corrected chi connectivity index (χ4v) is 2.55. The number of nitrogens with zero attached hydrogens (tertiary/aromatic N) is 1. The van der Waals surface area contributed by atoms with Gasteiger partial charge in [-0.15, -0.1) is 0 Å². The van der Waals surface area contributed by atoms with Crippen LogP contribution in [-0.2, 0) is 11.2 Å². The molecule has 100 valence electrons. The van der Waals surface area contributed by atoms with Crippen molar-refractivity contribution in [2.45, 2.75) is 32.8 Å². The molecule has 0 unspecified atom stereocenters. The van der Waals surface area contributed by atoms with Gasteiger partial charge < -0.3 is 15.4 Å². The first-order valence-corrected chi connectivity index (χ1v) is 6.70. The summed E-state index contributed by atoms with van der Waals surface area (Å²) in [6, 6.07) is 6.69. The molecule has 0 bridgehead atoms. The van der Waals surface area contributed by atoms with Gasteiger partial charge in [-0.3, -0.25) is 0 Å². The van der Waals surface area contributed by atoms with E-state index >= 15 is 0 Å². The lowest BCUT2D eigenvalue weighted by Crippen LogP contribution is -2.48. The van der Waals surface area contributed by atoms with Gasteiger partial charge in [0.05, 0.1) is 12.2 Å². The number of hydrogen-bond donors (Lipinski definition) is 1. The van der Waals surface area contributed by atoms with Crippen LogP contribution in [0.5, 0.6) is 0 Å². The van der Waals surface area contributed by atoms with Crippen molar-refractivity contribution >= 4 is 5.69 Å². The van der Waals surface area contributed by atoms with Gasteiger partial charge in [-0.05, 0) is 57.0 Å². The molecule has 0 radical (unpaired) electrons. The molecule has 0 saturated carbocycles.